The minimum atomic E-state index is 0.237. The summed E-state index contributed by atoms with van der Waals surface area (Å²) in [5, 5.41) is 24.6. The first-order chi connectivity index (χ1) is 11.7. The van der Waals surface area contributed by atoms with Crippen LogP contribution in [0.15, 0.2) is 30.3 Å². The molecule has 2 aliphatic heterocycles. The molecule has 0 radical (unpaired) electrons. The van der Waals surface area contributed by atoms with Gasteiger partial charge in [-0.25, -0.2) is 0 Å². The van der Waals surface area contributed by atoms with E-state index < -0.39 is 0 Å². The highest BCUT2D eigenvalue weighted by atomic mass is 32.1. The van der Waals surface area contributed by atoms with Crippen LogP contribution < -0.4 is 10.2 Å². The Morgan fingerprint density at radius 1 is 1.21 bits per heavy atom. The van der Waals surface area contributed by atoms with Crippen LogP contribution in [0.25, 0.3) is 21.5 Å². The zero-order valence-electron chi connectivity index (χ0n) is 13.4. The fraction of sp³-hybridized carbons (Fsp3) is 0.333. The first-order valence-electron chi connectivity index (χ1n) is 8.16. The molecule has 2 aromatic heterocycles. The zero-order valence-corrected chi connectivity index (χ0v) is 14.2. The number of phenolic OH excluding ortho intramolecular Hbond substituents is 1. The highest BCUT2D eigenvalue weighted by Gasteiger charge is 2.48. The van der Waals surface area contributed by atoms with E-state index in [0.29, 0.717) is 5.41 Å². The van der Waals surface area contributed by atoms with Gasteiger partial charge in [0.25, 0.3) is 0 Å². The van der Waals surface area contributed by atoms with E-state index in [1.807, 2.05) is 24.3 Å². The summed E-state index contributed by atoms with van der Waals surface area (Å²) in [5.41, 5.74) is 3.22. The number of rotatable bonds is 2. The van der Waals surface area contributed by atoms with E-state index in [1.54, 1.807) is 17.4 Å². The molecule has 0 bridgehead atoms. The molecule has 0 aliphatic carbocycles. The summed E-state index contributed by atoms with van der Waals surface area (Å²) < 4.78 is 0. The molecule has 0 saturated carbocycles. The minimum absolute atomic E-state index is 0.237. The van der Waals surface area contributed by atoms with Crippen LogP contribution in [0, 0.1) is 12.3 Å². The van der Waals surface area contributed by atoms with Gasteiger partial charge in [-0.2, -0.15) is 0 Å². The lowest BCUT2D eigenvalue weighted by molar-refractivity contribution is 0.122. The van der Waals surface area contributed by atoms with Crippen LogP contribution in [0.4, 0.5) is 5.00 Å². The first-order valence-corrected chi connectivity index (χ1v) is 8.98. The van der Waals surface area contributed by atoms with Gasteiger partial charge >= 0.3 is 0 Å². The van der Waals surface area contributed by atoms with Crippen molar-refractivity contribution < 1.29 is 5.11 Å². The lowest BCUT2D eigenvalue weighted by Crippen LogP contribution is -2.71. The van der Waals surface area contributed by atoms with E-state index in [4.69, 9.17) is 0 Å². The Kier molecular flexibility index (Phi) is 2.90. The maximum atomic E-state index is 10.1. The molecule has 24 heavy (non-hydrogen) atoms. The molecule has 4 heterocycles. The molecule has 0 amide bonds. The Bertz CT molecular complexity index is 939. The number of aryl methyl sites for hydroxylation is 1. The van der Waals surface area contributed by atoms with Crippen molar-refractivity contribution in [3.63, 3.8) is 0 Å². The van der Waals surface area contributed by atoms with Crippen molar-refractivity contribution in [1.29, 1.82) is 0 Å². The second-order valence-electron chi connectivity index (χ2n) is 6.96. The van der Waals surface area contributed by atoms with Gasteiger partial charge < -0.3 is 15.3 Å². The predicted molar refractivity (Wildman–Crippen MR) is 96.8 cm³/mol. The maximum Gasteiger partial charge on any atom is 0.148 e. The Morgan fingerprint density at radius 2 is 2.00 bits per heavy atom. The molecule has 5 nitrogen and oxygen atoms in total. The summed E-state index contributed by atoms with van der Waals surface area (Å²) in [7, 11) is 0. The quantitative estimate of drug-likeness (QED) is 0.752. The Morgan fingerprint density at radius 3 is 2.71 bits per heavy atom. The molecular weight excluding hydrogens is 320 g/mol. The van der Waals surface area contributed by atoms with Gasteiger partial charge in [-0.15, -0.1) is 10.2 Å². The van der Waals surface area contributed by atoms with E-state index in [0.717, 1.165) is 47.7 Å². The van der Waals surface area contributed by atoms with Gasteiger partial charge in [0.2, 0.25) is 0 Å². The van der Waals surface area contributed by atoms with Crippen molar-refractivity contribution in [2.45, 2.75) is 6.92 Å². The normalized spacial score (nSPS) is 18.6. The van der Waals surface area contributed by atoms with E-state index in [1.165, 1.54) is 10.6 Å². The third kappa shape index (κ3) is 1.96. The fourth-order valence-corrected chi connectivity index (χ4v) is 4.85. The number of para-hydroxylation sites is 1. The average molecular weight is 338 g/mol. The molecule has 0 atom stereocenters. The number of anilines is 1. The number of aromatic hydroxyl groups is 1. The third-order valence-electron chi connectivity index (χ3n) is 5.20. The summed E-state index contributed by atoms with van der Waals surface area (Å²) in [4.78, 5) is 3.43. The standard InChI is InChI=1S/C18H18N4OS/c1-11-13-6-14(12-4-2-3-5-15(12)23)20-21-16(13)24-17(11)22-9-18(10-22)7-19-8-18/h2-6,19,23H,7-10H2,1H3. The summed E-state index contributed by atoms with van der Waals surface area (Å²) in [6, 6.07) is 9.32. The third-order valence-corrected chi connectivity index (χ3v) is 6.45. The van der Waals surface area contributed by atoms with Gasteiger partial charge in [0, 0.05) is 42.5 Å². The van der Waals surface area contributed by atoms with Crippen LogP contribution in [-0.2, 0) is 0 Å². The number of aromatic nitrogens is 2. The summed E-state index contributed by atoms with van der Waals surface area (Å²) in [5.74, 6) is 0.237. The molecule has 2 saturated heterocycles. The smallest absolute Gasteiger partial charge is 0.148 e. The number of thiophene rings is 1. The summed E-state index contributed by atoms with van der Waals surface area (Å²) >= 11 is 1.72. The number of nitrogens with zero attached hydrogens (tertiary/aromatic N) is 3. The Labute approximate surface area is 144 Å². The molecule has 2 fully saturated rings. The lowest BCUT2D eigenvalue weighted by Gasteiger charge is -2.56. The van der Waals surface area contributed by atoms with Gasteiger partial charge in [-0.3, -0.25) is 0 Å². The number of nitrogens with one attached hydrogen (secondary N) is 1. The summed E-state index contributed by atoms with van der Waals surface area (Å²) in [6.45, 7) is 6.71. The highest BCUT2D eigenvalue weighted by Crippen LogP contribution is 2.44. The van der Waals surface area contributed by atoms with E-state index in [9.17, 15) is 5.11 Å². The van der Waals surface area contributed by atoms with Gasteiger partial charge in [-0.05, 0) is 30.7 Å². The van der Waals surface area contributed by atoms with E-state index >= 15 is 0 Å². The molecule has 0 unspecified atom stereocenters. The summed E-state index contributed by atoms with van der Waals surface area (Å²) in [6.07, 6.45) is 0. The van der Waals surface area contributed by atoms with Crippen LogP contribution in [0.3, 0.4) is 0 Å². The predicted octanol–water partition coefficient (Wildman–Crippen LogP) is 2.78. The number of hydrogen-bond donors (Lipinski definition) is 2. The van der Waals surface area contributed by atoms with Crippen LogP contribution in [-0.4, -0.2) is 41.5 Å². The molecular formula is C18H18N4OS. The average Bonchev–Trinajstić information content (AvgIpc) is 2.82. The Balaban J connectivity index is 1.54. The van der Waals surface area contributed by atoms with Crippen molar-refractivity contribution in [3.8, 4) is 17.0 Å². The van der Waals surface area contributed by atoms with E-state index in [2.05, 4.69) is 27.3 Å². The maximum absolute atomic E-state index is 10.1. The van der Waals surface area contributed by atoms with Crippen molar-refractivity contribution in [3.05, 3.63) is 35.9 Å². The molecule has 1 spiro atoms. The molecule has 122 valence electrons. The lowest BCUT2D eigenvalue weighted by atomic mass is 9.74. The minimum Gasteiger partial charge on any atom is -0.507 e. The highest BCUT2D eigenvalue weighted by molar-refractivity contribution is 7.22. The van der Waals surface area contributed by atoms with Crippen LogP contribution >= 0.6 is 11.3 Å². The van der Waals surface area contributed by atoms with Gasteiger partial charge in [0.05, 0.1) is 10.7 Å². The molecule has 2 aliphatic rings. The first kappa shape index (κ1) is 14.2. The number of benzene rings is 1. The van der Waals surface area contributed by atoms with Crippen molar-refractivity contribution >= 4 is 26.6 Å². The van der Waals surface area contributed by atoms with Gasteiger partial charge in [-0.1, -0.05) is 23.5 Å². The van der Waals surface area contributed by atoms with Crippen LogP contribution in [0.2, 0.25) is 0 Å². The second-order valence-corrected chi connectivity index (χ2v) is 7.93. The van der Waals surface area contributed by atoms with Gasteiger partial charge in [0.1, 0.15) is 10.6 Å². The molecule has 2 N–H and O–H groups in total. The topological polar surface area (TPSA) is 61.3 Å². The van der Waals surface area contributed by atoms with E-state index in [-0.39, 0.29) is 5.75 Å². The van der Waals surface area contributed by atoms with Crippen LogP contribution in [0.1, 0.15) is 5.56 Å². The number of fused-ring (bicyclic) bond motifs is 1. The van der Waals surface area contributed by atoms with Crippen LogP contribution in [0.5, 0.6) is 5.75 Å². The largest absolute Gasteiger partial charge is 0.507 e. The zero-order chi connectivity index (χ0) is 16.3. The monoisotopic (exact) mass is 338 g/mol. The molecule has 1 aromatic carbocycles. The van der Waals surface area contributed by atoms with Crippen molar-refractivity contribution in [1.82, 2.24) is 15.5 Å². The number of hydrogen-bond acceptors (Lipinski definition) is 6. The SMILES string of the molecule is Cc1c(N2CC3(CNC3)C2)sc2nnc(-c3ccccc3O)cc12. The molecule has 6 heteroatoms. The van der Waals surface area contributed by atoms with Crippen molar-refractivity contribution in [2.75, 3.05) is 31.1 Å². The molecule has 3 aromatic rings. The second kappa shape index (κ2) is 4.91. The fourth-order valence-electron chi connectivity index (χ4n) is 3.74. The van der Waals surface area contributed by atoms with Crippen molar-refractivity contribution in [2.24, 2.45) is 5.41 Å². The number of phenols is 1. The molecule has 5 rings (SSSR count). The Hall–Kier alpha value is -2.18. The van der Waals surface area contributed by atoms with Gasteiger partial charge in [0.15, 0.2) is 0 Å².